The minimum Gasteiger partial charge on any atom is -0.367 e. The maximum atomic E-state index is 12.4. The van der Waals surface area contributed by atoms with E-state index in [0.717, 1.165) is 17.8 Å². The van der Waals surface area contributed by atoms with E-state index in [1.54, 1.807) is 22.9 Å². The van der Waals surface area contributed by atoms with Gasteiger partial charge in [0.05, 0.1) is 18.3 Å². The molecular formula is C18H22F3N3O2. The number of amides is 1. The standard InChI is InChI=1S/C18H22F3N3O2/c1-4-24-9-16(13(3)23-24)12(2)22-17(25)15-7-5-6-14(8-15)10-26-11-18(19,20)21/h5-9,12H,4,10-11H2,1-3H3,(H,22,25). The fraction of sp³-hybridized carbons (Fsp3) is 0.444. The van der Waals surface area contributed by atoms with Crippen LogP contribution in [0.15, 0.2) is 30.5 Å². The summed E-state index contributed by atoms with van der Waals surface area (Å²) in [4.78, 5) is 12.4. The second-order valence-electron chi connectivity index (χ2n) is 6.03. The number of carbonyl (C=O) groups excluding carboxylic acids is 1. The second-order valence-corrected chi connectivity index (χ2v) is 6.03. The monoisotopic (exact) mass is 369 g/mol. The van der Waals surface area contributed by atoms with E-state index in [1.807, 2.05) is 27.0 Å². The number of nitrogens with one attached hydrogen (secondary N) is 1. The van der Waals surface area contributed by atoms with Crippen molar-refractivity contribution in [2.75, 3.05) is 6.61 Å². The minimum absolute atomic E-state index is 0.210. The van der Waals surface area contributed by atoms with Crippen molar-refractivity contribution >= 4 is 5.91 Å². The Morgan fingerprint density at radius 3 is 2.73 bits per heavy atom. The Balaban J connectivity index is 2.00. The van der Waals surface area contributed by atoms with E-state index in [-0.39, 0.29) is 18.6 Å². The Hall–Kier alpha value is -2.35. The molecule has 0 fully saturated rings. The van der Waals surface area contributed by atoms with E-state index in [4.69, 9.17) is 0 Å². The number of hydrogen-bond acceptors (Lipinski definition) is 3. The molecule has 1 amide bonds. The molecule has 0 spiro atoms. The highest BCUT2D eigenvalue weighted by Crippen LogP contribution is 2.18. The van der Waals surface area contributed by atoms with Gasteiger partial charge in [-0.15, -0.1) is 0 Å². The van der Waals surface area contributed by atoms with Crippen molar-refractivity contribution in [1.29, 1.82) is 0 Å². The van der Waals surface area contributed by atoms with Crippen LogP contribution in [0.3, 0.4) is 0 Å². The van der Waals surface area contributed by atoms with Crippen molar-refractivity contribution in [1.82, 2.24) is 15.1 Å². The van der Waals surface area contributed by atoms with E-state index in [9.17, 15) is 18.0 Å². The van der Waals surface area contributed by atoms with Crippen LogP contribution >= 0.6 is 0 Å². The van der Waals surface area contributed by atoms with Crippen LogP contribution in [-0.2, 0) is 17.9 Å². The molecule has 1 aromatic heterocycles. The van der Waals surface area contributed by atoms with Crippen LogP contribution in [0.2, 0.25) is 0 Å². The summed E-state index contributed by atoms with van der Waals surface area (Å²) in [5, 5.41) is 7.24. The number of carbonyl (C=O) groups is 1. The number of nitrogens with zero attached hydrogens (tertiary/aromatic N) is 2. The fourth-order valence-electron chi connectivity index (χ4n) is 2.57. The number of rotatable bonds is 7. The number of halogens is 3. The Morgan fingerprint density at radius 2 is 2.12 bits per heavy atom. The molecule has 1 atom stereocenters. The Kier molecular flexibility index (Phi) is 6.42. The molecule has 5 nitrogen and oxygen atoms in total. The van der Waals surface area contributed by atoms with Crippen LogP contribution < -0.4 is 5.32 Å². The third-order valence-corrected chi connectivity index (χ3v) is 3.85. The van der Waals surface area contributed by atoms with Crippen LogP contribution in [0.4, 0.5) is 13.2 Å². The molecule has 1 aromatic carbocycles. The quantitative estimate of drug-likeness (QED) is 0.808. The van der Waals surface area contributed by atoms with Crippen molar-refractivity contribution in [2.24, 2.45) is 0 Å². The number of ether oxygens (including phenoxy) is 1. The van der Waals surface area contributed by atoms with E-state index in [2.05, 4.69) is 15.2 Å². The van der Waals surface area contributed by atoms with Gasteiger partial charge in [-0.25, -0.2) is 0 Å². The second kappa shape index (κ2) is 8.35. The predicted molar refractivity (Wildman–Crippen MR) is 90.7 cm³/mol. The van der Waals surface area contributed by atoms with E-state index in [0.29, 0.717) is 11.1 Å². The molecule has 0 aliphatic rings. The number of alkyl halides is 3. The van der Waals surface area contributed by atoms with Crippen LogP contribution in [0.5, 0.6) is 0 Å². The zero-order chi connectivity index (χ0) is 19.3. The zero-order valence-corrected chi connectivity index (χ0v) is 14.9. The first-order valence-corrected chi connectivity index (χ1v) is 8.28. The van der Waals surface area contributed by atoms with Gasteiger partial charge in [-0.2, -0.15) is 18.3 Å². The van der Waals surface area contributed by atoms with E-state index < -0.39 is 12.8 Å². The van der Waals surface area contributed by atoms with E-state index in [1.165, 1.54) is 6.07 Å². The lowest BCUT2D eigenvalue weighted by atomic mass is 10.1. The molecule has 0 saturated heterocycles. The number of aryl methyl sites for hydroxylation is 2. The number of hydrogen-bond donors (Lipinski definition) is 1. The molecule has 142 valence electrons. The highest BCUT2D eigenvalue weighted by Gasteiger charge is 2.27. The summed E-state index contributed by atoms with van der Waals surface area (Å²) in [5.41, 5.74) is 2.63. The van der Waals surface area contributed by atoms with Crippen molar-refractivity contribution in [3.8, 4) is 0 Å². The lowest BCUT2D eigenvalue weighted by Crippen LogP contribution is -2.27. The van der Waals surface area contributed by atoms with Gasteiger partial charge in [0.25, 0.3) is 5.91 Å². The van der Waals surface area contributed by atoms with Gasteiger partial charge in [-0.1, -0.05) is 12.1 Å². The smallest absolute Gasteiger partial charge is 0.367 e. The van der Waals surface area contributed by atoms with Gasteiger partial charge in [-0.05, 0) is 38.5 Å². The minimum atomic E-state index is -4.37. The summed E-state index contributed by atoms with van der Waals surface area (Å²) in [6, 6.07) is 6.13. The van der Waals surface area contributed by atoms with Crippen molar-refractivity contribution in [2.45, 2.75) is 46.1 Å². The Bertz CT molecular complexity index is 756. The van der Waals surface area contributed by atoms with Crippen molar-refractivity contribution < 1.29 is 22.7 Å². The molecular weight excluding hydrogens is 347 g/mol. The first kappa shape index (κ1) is 20.0. The van der Waals surface area contributed by atoms with Crippen LogP contribution in [-0.4, -0.2) is 28.5 Å². The molecule has 0 aliphatic carbocycles. The van der Waals surface area contributed by atoms with Crippen LogP contribution in [0.1, 0.15) is 47.1 Å². The van der Waals surface area contributed by atoms with Gasteiger partial charge in [0, 0.05) is 23.9 Å². The summed E-state index contributed by atoms with van der Waals surface area (Å²) in [6.07, 6.45) is -2.48. The zero-order valence-electron chi connectivity index (χ0n) is 14.9. The molecule has 1 heterocycles. The average Bonchev–Trinajstić information content (AvgIpc) is 2.95. The Morgan fingerprint density at radius 1 is 1.38 bits per heavy atom. The van der Waals surface area contributed by atoms with Gasteiger partial charge in [0.2, 0.25) is 0 Å². The summed E-state index contributed by atoms with van der Waals surface area (Å²) < 4.78 is 42.8. The first-order valence-electron chi connectivity index (χ1n) is 8.28. The van der Waals surface area contributed by atoms with Crippen molar-refractivity contribution in [3.05, 3.63) is 52.8 Å². The molecule has 0 aliphatic heterocycles. The molecule has 1 N–H and O–H groups in total. The largest absolute Gasteiger partial charge is 0.411 e. The SMILES string of the molecule is CCn1cc(C(C)NC(=O)c2cccc(COCC(F)(F)F)c2)c(C)n1. The van der Waals surface area contributed by atoms with Gasteiger partial charge < -0.3 is 10.1 Å². The lowest BCUT2D eigenvalue weighted by molar-refractivity contribution is -0.176. The summed E-state index contributed by atoms with van der Waals surface area (Å²) in [6.45, 7) is 4.92. The van der Waals surface area contributed by atoms with E-state index >= 15 is 0 Å². The normalized spacial score (nSPS) is 12.8. The third-order valence-electron chi connectivity index (χ3n) is 3.85. The summed E-state index contributed by atoms with van der Waals surface area (Å²) in [5.74, 6) is -0.307. The van der Waals surface area contributed by atoms with Gasteiger partial charge in [0.1, 0.15) is 6.61 Å². The third kappa shape index (κ3) is 5.59. The maximum absolute atomic E-state index is 12.4. The summed E-state index contributed by atoms with van der Waals surface area (Å²) >= 11 is 0. The molecule has 0 saturated carbocycles. The van der Waals surface area contributed by atoms with Crippen LogP contribution in [0, 0.1) is 6.92 Å². The molecule has 26 heavy (non-hydrogen) atoms. The molecule has 0 radical (unpaired) electrons. The van der Waals surface area contributed by atoms with Crippen molar-refractivity contribution in [3.63, 3.8) is 0 Å². The van der Waals surface area contributed by atoms with Gasteiger partial charge in [0.15, 0.2) is 0 Å². The van der Waals surface area contributed by atoms with Crippen LogP contribution in [0.25, 0.3) is 0 Å². The molecule has 1 unspecified atom stereocenters. The first-order chi connectivity index (χ1) is 12.2. The molecule has 0 bridgehead atoms. The van der Waals surface area contributed by atoms with Gasteiger partial charge in [-0.3, -0.25) is 9.48 Å². The topological polar surface area (TPSA) is 56.2 Å². The number of benzene rings is 1. The number of aromatic nitrogens is 2. The highest BCUT2D eigenvalue weighted by atomic mass is 19.4. The fourth-order valence-corrected chi connectivity index (χ4v) is 2.57. The lowest BCUT2D eigenvalue weighted by Gasteiger charge is -2.14. The molecule has 2 aromatic rings. The molecule has 8 heteroatoms. The summed E-state index contributed by atoms with van der Waals surface area (Å²) in [7, 11) is 0. The Labute approximate surface area is 150 Å². The van der Waals surface area contributed by atoms with Gasteiger partial charge >= 0.3 is 6.18 Å². The highest BCUT2D eigenvalue weighted by molar-refractivity contribution is 5.94. The molecule has 2 rings (SSSR count). The average molecular weight is 369 g/mol. The maximum Gasteiger partial charge on any atom is 0.411 e. The predicted octanol–water partition coefficient (Wildman–Crippen LogP) is 3.78.